The van der Waals surface area contributed by atoms with Crippen LogP contribution in [0.5, 0.6) is 5.75 Å². The predicted octanol–water partition coefficient (Wildman–Crippen LogP) is 3.03. The van der Waals surface area contributed by atoms with Crippen LogP contribution in [0.3, 0.4) is 0 Å². The molecule has 2 aliphatic rings. The zero-order valence-electron chi connectivity index (χ0n) is 14.1. The maximum atomic E-state index is 12.8. The van der Waals surface area contributed by atoms with Crippen LogP contribution in [0.4, 0.5) is 5.69 Å². The maximum absolute atomic E-state index is 12.8. The number of ether oxygens (including phenoxy) is 1. The van der Waals surface area contributed by atoms with Crippen LogP contribution in [-0.2, 0) is 4.79 Å². The normalized spacial score (nSPS) is 22.8. The number of likely N-dealkylation sites (tertiary alicyclic amines) is 1. The van der Waals surface area contributed by atoms with Gasteiger partial charge in [0, 0.05) is 42.4 Å². The molecule has 5 nitrogen and oxygen atoms in total. The summed E-state index contributed by atoms with van der Waals surface area (Å²) in [5, 5.41) is 3.99. The Morgan fingerprint density at radius 3 is 2.92 bits per heavy atom. The molecule has 0 aliphatic carbocycles. The van der Waals surface area contributed by atoms with E-state index in [9.17, 15) is 9.59 Å². The summed E-state index contributed by atoms with van der Waals surface area (Å²) >= 11 is 1.60. The van der Waals surface area contributed by atoms with E-state index in [4.69, 9.17) is 4.74 Å². The van der Waals surface area contributed by atoms with Crippen molar-refractivity contribution in [3.63, 3.8) is 0 Å². The first kappa shape index (κ1) is 16.1. The number of hydrogen-bond donors (Lipinski definition) is 0. The second kappa shape index (κ2) is 6.19. The lowest BCUT2D eigenvalue weighted by atomic mass is 9.86. The molecule has 0 saturated carbocycles. The monoisotopic (exact) mass is 356 g/mol. The molecule has 130 valence electrons. The van der Waals surface area contributed by atoms with E-state index in [1.54, 1.807) is 24.5 Å². The summed E-state index contributed by atoms with van der Waals surface area (Å²) < 4.78 is 5.21. The van der Waals surface area contributed by atoms with E-state index in [1.807, 2.05) is 44.8 Å². The number of anilines is 1. The van der Waals surface area contributed by atoms with Crippen molar-refractivity contribution in [1.82, 2.24) is 4.90 Å². The Hall–Kier alpha value is -2.34. The van der Waals surface area contributed by atoms with Crippen LogP contribution in [0.15, 0.2) is 41.1 Å². The third-order valence-corrected chi connectivity index (χ3v) is 5.85. The number of thiophene rings is 1. The first-order valence-corrected chi connectivity index (χ1v) is 9.30. The molecule has 2 amide bonds. The first-order chi connectivity index (χ1) is 12.1. The molecule has 0 radical (unpaired) electrons. The Balaban J connectivity index is 1.49. The van der Waals surface area contributed by atoms with Crippen molar-refractivity contribution in [3.8, 4) is 5.75 Å². The summed E-state index contributed by atoms with van der Waals surface area (Å²) in [5.41, 5.74) is 1.49. The number of nitrogens with zero attached hydrogens (tertiary/aromatic N) is 2. The maximum Gasteiger partial charge on any atom is 0.254 e. The lowest BCUT2D eigenvalue weighted by Gasteiger charge is -2.24. The molecule has 1 atom stereocenters. The summed E-state index contributed by atoms with van der Waals surface area (Å²) in [7, 11) is 1.59. The highest BCUT2D eigenvalue weighted by Gasteiger charge is 2.48. The molecule has 2 fully saturated rings. The summed E-state index contributed by atoms with van der Waals surface area (Å²) in [4.78, 5) is 29.0. The van der Waals surface area contributed by atoms with Gasteiger partial charge in [-0.3, -0.25) is 9.59 Å². The van der Waals surface area contributed by atoms with Gasteiger partial charge < -0.3 is 14.5 Å². The van der Waals surface area contributed by atoms with Crippen molar-refractivity contribution in [1.29, 1.82) is 0 Å². The standard InChI is InChI=1S/C19H20N2O3S/c1-24-16-4-2-3-14(9-16)18(23)20-7-6-19(12-20)10-17(22)21(13-19)15-5-8-25-11-15/h2-5,8-9,11H,6-7,10,12-13H2,1H3/t19-/m0/s1. The zero-order chi connectivity index (χ0) is 17.4. The van der Waals surface area contributed by atoms with E-state index in [0.29, 0.717) is 37.4 Å². The summed E-state index contributed by atoms with van der Waals surface area (Å²) in [6.45, 7) is 2.03. The fraction of sp³-hybridized carbons (Fsp3) is 0.368. The SMILES string of the molecule is COc1cccc(C(=O)N2CC[C@]3(CC(=O)N(c4ccsc4)C3)C2)c1. The molecule has 0 unspecified atom stereocenters. The Morgan fingerprint density at radius 2 is 2.16 bits per heavy atom. The number of methoxy groups -OCH3 is 1. The zero-order valence-corrected chi connectivity index (χ0v) is 14.9. The van der Waals surface area contributed by atoms with Crippen LogP contribution in [0.1, 0.15) is 23.2 Å². The van der Waals surface area contributed by atoms with Gasteiger partial charge in [0.25, 0.3) is 5.91 Å². The lowest BCUT2D eigenvalue weighted by molar-refractivity contribution is -0.117. The second-order valence-corrected chi connectivity index (χ2v) is 7.63. The number of benzene rings is 1. The van der Waals surface area contributed by atoms with Crippen LogP contribution >= 0.6 is 11.3 Å². The van der Waals surface area contributed by atoms with Gasteiger partial charge in [0.2, 0.25) is 5.91 Å². The number of carbonyl (C=O) groups is 2. The summed E-state index contributed by atoms with van der Waals surface area (Å²) in [6.07, 6.45) is 1.39. The van der Waals surface area contributed by atoms with Gasteiger partial charge in [0.15, 0.2) is 0 Å². The third-order valence-electron chi connectivity index (χ3n) is 5.18. The number of amides is 2. The topological polar surface area (TPSA) is 49.9 Å². The Labute approximate surface area is 150 Å². The number of hydrogen-bond acceptors (Lipinski definition) is 4. The molecule has 1 spiro atoms. The van der Waals surface area contributed by atoms with Crippen molar-refractivity contribution in [3.05, 3.63) is 46.7 Å². The van der Waals surface area contributed by atoms with Gasteiger partial charge in [0.05, 0.1) is 12.8 Å². The molecule has 6 heteroatoms. The van der Waals surface area contributed by atoms with Crippen molar-refractivity contribution in [2.45, 2.75) is 12.8 Å². The van der Waals surface area contributed by atoms with E-state index < -0.39 is 0 Å². The predicted molar refractivity (Wildman–Crippen MR) is 97.2 cm³/mol. The van der Waals surface area contributed by atoms with Crippen molar-refractivity contribution in [2.24, 2.45) is 5.41 Å². The van der Waals surface area contributed by atoms with Crippen LogP contribution in [0, 0.1) is 5.41 Å². The van der Waals surface area contributed by atoms with Gasteiger partial charge in [-0.05, 0) is 36.1 Å². The molecule has 25 heavy (non-hydrogen) atoms. The highest BCUT2D eigenvalue weighted by atomic mass is 32.1. The Morgan fingerprint density at radius 1 is 1.28 bits per heavy atom. The smallest absolute Gasteiger partial charge is 0.254 e. The van der Waals surface area contributed by atoms with E-state index in [1.165, 1.54) is 0 Å². The number of carbonyl (C=O) groups excluding carboxylic acids is 2. The quantitative estimate of drug-likeness (QED) is 0.849. The molecule has 3 heterocycles. The molecule has 0 bridgehead atoms. The average Bonchev–Trinajstić information content (AvgIpc) is 3.35. The van der Waals surface area contributed by atoms with Gasteiger partial charge in [-0.1, -0.05) is 6.07 Å². The van der Waals surface area contributed by atoms with Gasteiger partial charge >= 0.3 is 0 Å². The molecular weight excluding hydrogens is 336 g/mol. The molecule has 2 aromatic rings. The fourth-order valence-corrected chi connectivity index (χ4v) is 4.50. The summed E-state index contributed by atoms with van der Waals surface area (Å²) in [6, 6.07) is 9.22. The highest BCUT2D eigenvalue weighted by Crippen LogP contribution is 2.42. The largest absolute Gasteiger partial charge is 0.497 e. The second-order valence-electron chi connectivity index (χ2n) is 6.85. The van der Waals surface area contributed by atoms with E-state index in [2.05, 4.69) is 0 Å². The molecule has 2 aliphatic heterocycles. The Kier molecular flexibility index (Phi) is 4.00. The number of rotatable bonds is 3. The van der Waals surface area contributed by atoms with Crippen molar-refractivity contribution in [2.75, 3.05) is 31.6 Å². The molecule has 1 aromatic heterocycles. The summed E-state index contributed by atoms with van der Waals surface area (Å²) in [5.74, 6) is 0.853. The van der Waals surface area contributed by atoms with Crippen LogP contribution < -0.4 is 9.64 Å². The van der Waals surface area contributed by atoms with E-state index in [-0.39, 0.29) is 17.2 Å². The van der Waals surface area contributed by atoms with Crippen molar-refractivity contribution < 1.29 is 14.3 Å². The van der Waals surface area contributed by atoms with Gasteiger partial charge in [-0.2, -0.15) is 11.3 Å². The molecule has 0 N–H and O–H groups in total. The minimum Gasteiger partial charge on any atom is -0.497 e. The fourth-order valence-electron chi connectivity index (χ4n) is 3.86. The highest BCUT2D eigenvalue weighted by molar-refractivity contribution is 7.08. The van der Waals surface area contributed by atoms with Crippen LogP contribution in [-0.4, -0.2) is 43.5 Å². The molecule has 1 aromatic carbocycles. The van der Waals surface area contributed by atoms with Gasteiger partial charge in [0.1, 0.15) is 5.75 Å². The third kappa shape index (κ3) is 2.91. The first-order valence-electron chi connectivity index (χ1n) is 8.36. The molecular formula is C19H20N2O3S. The van der Waals surface area contributed by atoms with Gasteiger partial charge in [-0.25, -0.2) is 0 Å². The van der Waals surface area contributed by atoms with Gasteiger partial charge in [-0.15, -0.1) is 0 Å². The minimum absolute atomic E-state index is 0.0113. The average molecular weight is 356 g/mol. The van der Waals surface area contributed by atoms with E-state index >= 15 is 0 Å². The minimum atomic E-state index is -0.118. The lowest BCUT2D eigenvalue weighted by Crippen LogP contribution is -2.34. The van der Waals surface area contributed by atoms with Crippen LogP contribution in [0.25, 0.3) is 0 Å². The Bertz CT molecular complexity index is 805. The molecule has 4 rings (SSSR count). The van der Waals surface area contributed by atoms with E-state index in [0.717, 1.165) is 12.1 Å². The van der Waals surface area contributed by atoms with Crippen LogP contribution in [0.2, 0.25) is 0 Å². The molecule has 2 saturated heterocycles. The van der Waals surface area contributed by atoms with Crippen molar-refractivity contribution >= 4 is 28.8 Å².